The molecule has 0 amide bonds. The number of nitrogens with two attached hydrogens (primary N) is 1. The van der Waals surface area contributed by atoms with Crippen molar-refractivity contribution in [3.8, 4) is 5.19 Å². The summed E-state index contributed by atoms with van der Waals surface area (Å²) < 4.78 is 10.3. The van der Waals surface area contributed by atoms with Gasteiger partial charge in [-0.15, -0.1) is 0 Å². The minimum absolute atomic E-state index is 0.0241. The maximum absolute atomic E-state index is 6.15. The van der Waals surface area contributed by atoms with Gasteiger partial charge >= 0.3 is 0 Å². The Balaban J connectivity index is 2.02. The summed E-state index contributed by atoms with van der Waals surface area (Å²) in [4.78, 5) is 4.47. The Morgan fingerprint density at radius 2 is 1.94 bits per heavy atom. The Morgan fingerprint density at radius 1 is 1.22 bits per heavy atom. The van der Waals surface area contributed by atoms with E-state index < -0.39 is 0 Å². The second-order valence-electron chi connectivity index (χ2n) is 6.09. The fourth-order valence-electron chi connectivity index (χ4n) is 2.14. The van der Waals surface area contributed by atoms with E-state index in [2.05, 4.69) is 30.1 Å². The molecule has 1 aliphatic rings. The maximum Gasteiger partial charge on any atom is 0.293 e. The van der Waals surface area contributed by atoms with Gasteiger partial charge in [-0.05, 0) is 19.3 Å². The Hall–Kier alpha value is -0.680. The van der Waals surface area contributed by atoms with E-state index in [-0.39, 0.29) is 17.6 Å². The second kappa shape index (κ2) is 5.53. The lowest BCUT2D eigenvalue weighted by Gasteiger charge is -2.20. The Kier molecular flexibility index (Phi) is 4.22. The molecule has 102 valence electrons. The maximum atomic E-state index is 6.15. The van der Waals surface area contributed by atoms with Crippen molar-refractivity contribution in [2.45, 2.75) is 70.4 Å². The van der Waals surface area contributed by atoms with E-state index in [4.69, 9.17) is 10.5 Å². The van der Waals surface area contributed by atoms with Crippen LogP contribution in [-0.2, 0) is 5.41 Å². The van der Waals surface area contributed by atoms with Crippen molar-refractivity contribution in [1.82, 2.24) is 9.36 Å². The van der Waals surface area contributed by atoms with Crippen molar-refractivity contribution in [2.24, 2.45) is 5.73 Å². The van der Waals surface area contributed by atoms with E-state index >= 15 is 0 Å². The monoisotopic (exact) mass is 269 g/mol. The van der Waals surface area contributed by atoms with Gasteiger partial charge in [0.05, 0.1) is 0 Å². The summed E-state index contributed by atoms with van der Waals surface area (Å²) in [6.07, 6.45) is 5.86. The van der Waals surface area contributed by atoms with Crippen LogP contribution >= 0.6 is 11.5 Å². The predicted molar refractivity (Wildman–Crippen MR) is 74.1 cm³/mol. The number of ether oxygens (including phenoxy) is 1. The summed E-state index contributed by atoms with van der Waals surface area (Å²) >= 11 is 1.34. The first-order valence-corrected chi connectivity index (χ1v) is 7.50. The molecule has 1 heterocycles. The standard InChI is InChI=1S/C13H23N3OS/c1-13(2,3)11-15-12(18-16-11)17-10-8-6-4-5-7-9(10)14/h9-10H,4-8,14H2,1-3H3. The SMILES string of the molecule is CC(C)(C)c1nsc(OC2CCCCCC2N)n1. The van der Waals surface area contributed by atoms with Crippen LogP contribution in [0.4, 0.5) is 0 Å². The lowest BCUT2D eigenvalue weighted by atomic mass is 9.96. The largest absolute Gasteiger partial charge is 0.464 e. The van der Waals surface area contributed by atoms with Crippen molar-refractivity contribution < 1.29 is 4.74 Å². The van der Waals surface area contributed by atoms with Crippen LogP contribution in [0.1, 0.15) is 58.7 Å². The quantitative estimate of drug-likeness (QED) is 0.839. The molecule has 4 nitrogen and oxygen atoms in total. The third kappa shape index (κ3) is 3.42. The third-order valence-corrected chi connectivity index (χ3v) is 3.94. The van der Waals surface area contributed by atoms with Crippen LogP contribution in [-0.4, -0.2) is 21.5 Å². The van der Waals surface area contributed by atoms with Gasteiger partial charge in [-0.2, -0.15) is 9.36 Å². The van der Waals surface area contributed by atoms with Gasteiger partial charge in [0.1, 0.15) is 6.10 Å². The molecule has 1 aliphatic carbocycles. The van der Waals surface area contributed by atoms with Gasteiger partial charge in [0.25, 0.3) is 5.19 Å². The van der Waals surface area contributed by atoms with Crippen molar-refractivity contribution in [1.29, 1.82) is 0 Å². The van der Waals surface area contributed by atoms with Crippen LogP contribution < -0.4 is 10.5 Å². The van der Waals surface area contributed by atoms with E-state index in [9.17, 15) is 0 Å². The van der Waals surface area contributed by atoms with Gasteiger partial charge in [0, 0.05) is 23.0 Å². The molecule has 1 aromatic heterocycles. The van der Waals surface area contributed by atoms with Crippen molar-refractivity contribution in [2.75, 3.05) is 0 Å². The molecule has 1 fully saturated rings. The summed E-state index contributed by atoms with van der Waals surface area (Å²) in [7, 11) is 0. The smallest absolute Gasteiger partial charge is 0.293 e. The first-order chi connectivity index (χ1) is 8.47. The molecule has 0 spiro atoms. The zero-order valence-electron chi connectivity index (χ0n) is 11.5. The lowest BCUT2D eigenvalue weighted by Crippen LogP contribution is -2.37. The van der Waals surface area contributed by atoms with Crippen molar-refractivity contribution in [3.63, 3.8) is 0 Å². The van der Waals surface area contributed by atoms with Gasteiger partial charge in [-0.3, -0.25) is 0 Å². The molecule has 2 unspecified atom stereocenters. The normalized spacial score (nSPS) is 25.8. The molecule has 0 aromatic carbocycles. The Morgan fingerprint density at radius 3 is 2.61 bits per heavy atom. The zero-order chi connectivity index (χ0) is 13.2. The molecule has 1 saturated carbocycles. The van der Waals surface area contributed by atoms with Crippen LogP contribution in [0.15, 0.2) is 0 Å². The molecule has 0 aliphatic heterocycles. The highest BCUT2D eigenvalue weighted by molar-refractivity contribution is 7.07. The van der Waals surface area contributed by atoms with E-state index in [1.54, 1.807) is 0 Å². The van der Waals surface area contributed by atoms with Crippen LogP contribution in [0.2, 0.25) is 0 Å². The second-order valence-corrected chi connectivity index (χ2v) is 6.81. The number of rotatable bonds is 2. The van der Waals surface area contributed by atoms with Crippen molar-refractivity contribution in [3.05, 3.63) is 5.82 Å². The number of hydrogen-bond donors (Lipinski definition) is 1. The molecule has 2 atom stereocenters. The average molecular weight is 269 g/mol. The summed E-state index contributed by atoms with van der Waals surface area (Å²) in [5.41, 5.74) is 6.13. The van der Waals surface area contributed by atoms with Gasteiger partial charge in [-0.1, -0.05) is 33.6 Å². The minimum atomic E-state index is -0.0241. The van der Waals surface area contributed by atoms with E-state index in [1.165, 1.54) is 30.8 Å². The highest BCUT2D eigenvalue weighted by Crippen LogP contribution is 2.27. The van der Waals surface area contributed by atoms with Crippen LogP contribution in [0, 0.1) is 0 Å². The summed E-state index contributed by atoms with van der Waals surface area (Å²) in [6, 6.07) is 0.134. The molecule has 0 saturated heterocycles. The average Bonchev–Trinajstić information content (AvgIpc) is 2.66. The molecule has 0 bridgehead atoms. The van der Waals surface area contributed by atoms with Crippen LogP contribution in [0.25, 0.3) is 0 Å². The predicted octanol–water partition coefficient (Wildman–Crippen LogP) is 2.87. The third-order valence-electron chi connectivity index (χ3n) is 3.33. The van der Waals surface area contributed by atoms with Gasteiger partial charge in [0.15, 0.2) is 5.82 Å². The zero-order valence-corrected chi connectivity index (χ0v) is 12.3. The molecular formula is C13H23N3OS. The summed E-state index contributed by atoms with van der Waals surface area (Å²) in [5.74, 6) is 0.852. The van der Waals surface area contributed by atoms with Gasteiger partial charge in [-0.25, -0.2) is 0 Å². The molecular weight excluding hydrogens is 246 g/mol. The summed E-state index contributed by atoms with van der Waals surface area (Å²) in [6.45, 7) is 6.32. The van der Waals surface area contributed by atoms with E-state index in [0.717, 1.165) is 18.7 Å². The summed E-state index contributed by atoms with van der Waals surface area (Å²) in [5, 5.41) is 0.669. The molecule has 2 N–H and O–H groups in total. The topological polar surface area (TPSA) is 61.0 Å². The van der Waals surface area contributed by atoms with Gasteiger partial charge < -0.3 is 10.5 Å². The Bertz CT molecular complexity index is 386. The molecule has 1 aromatic rings. The highest BCUT2D eigenvalue weighted by Gasteiger charge is 2.25. The fourth-order valence-corrected chi connectivity index (χ4v) is 2.91. The lowest BCUT2D eigenvalue weighted by molar-refractivity contribution is 0.161. The van der Waals surface area contributed by atoms with Crippen molar-refractivity contribution >= 4 is 11.5 Å². The number of aromatic nitrogens is 2. The van der Waals surface area contributed by atoms with E-state index in [0.29, 0.717) is 5.19 Å². The molecule has 0 radical (unpaired) electrons. The number of nitrogens with zero attached hydrogens (tertiary/aromatic N) is 2. The molecule has 18 heavy (non-hydrogen) atoms. The van der Waals surface area contributed by atoms with E-state index in [1.807, 2.05) is 0 Å². The minimum Gasteiger partial charge on any atom is -0.464 e. The van der Waals surface area contributed by atoms with Crippen LogP contribution in [0.3, 0.4) is 0 Å². The molecule has 5 heteroatoms. The van der Waals surface area contributed by atoms with Gasteiger partial charge in [0.2, 0.25) is 0 Å². The first-order valence-electron chi connectivity index (χ1n) is 6.73. The number of hydrogen-bond acceptors (Lipinski definition) is 5. The Labute approximate surface area is 113 Å². The first kappa shape index (κ1) is 13.7. The van der Waals surface area contributed by atoms with Crippen LogP contribution in [0.5, 0.6) is 5.19 Å². The molecule has 2 rings (SSSR count). The highest BCUT2D eigenvalue weighted by atomic mass is 32.1. The fraction of sp³-hybridized carbons (Fsp3) is 0.846.